The number of nitrogens with one attached hydrogen (secondary N) is 1. The number of aromatic nitrogens is 5. The Morgan fingerprint density at radius 3 is 3.05 bits per heavy atom. The van der Waals surface area contributed by atoms with E-state index in [4.69, 9.17) is 5.73 Å². The molecule has 8 heteroatoms. The highest BCUT2D eigenvalue weighted by Crippen LogP contribution is 2.28. The van der Waals surface area contributed by atoms with Crippen LogP contribution in [0, 0.1) is 0 Å². The number of aromatic amines is 1. The first-order chi connectivity index (χ1) is 10.2. The van der Waals surface area contributed by atoms with Crippen LogP contribution in [-0.4, -0.2) is 30.7 Å². The number of fused-ring (bicyclic) bond motifs is 1. The SMILES string of the molecule is CCn1c(Sc2nc3ccccn3c2CCN)n[nH]c1=O. The van der Waals surface area contributed by atoms with E-state index in [9.17, 15) is 4.79 Å². The van der Waals surface area contributed by atoms with E-state index in [1.807, 2.05) is 35.7 Å². The van der Waals surface area contributed by atoms with Crippen LogP contribution in [0.15, 0.2) is 39.4 Å². The Kier molecular flexibility index (Phi) is 3.80. The van der Waals surface area contributed by atoms with Gasteiger partial charge in [0.15, 0.2) is 5.16 Å². The van der Waals surface area contributed by atoms with Crippen LogP contribution in [0.3, 0.4) is 0 Å². The maximum Gasteiger partial charge on any atom is 0.343 e. The highest BCUT2D eigenvalue weighted by Gasteiger charge is 2.16. The molecule has 0 saturated carbocycles. The Morgan fingerprint density at radius 2 is 2.29 bits per heavy atom. The molecule has 0 fully saturated rings. The van der Waals surface area contributed by atoms with Crippen LogP contribution < -0.4 is 11.4 Å². The number of nitrogens with two attached hydrogens (primary N) is 1. The molecule has 7 nitrogen and oxygen atoms in total. The molecule has 0 unspecified atom stereocenters. The maximum absolute atomic E-state index is 11.6. The second kappa shape index (κ2) is 5.74. The van der Waals surface area contributed by atoms with E-state index in [-0.39, 0.29) is 5.69 Å². The van der Waals surface area contributed by atoms with Gasteiger partial charge in [0.2, 0.25) is 0 Å². The molecular formula is C13H16N6OS. The molecule has 3 aromatic rings. The van der Waals surface area contributed by atoms with E-state index in [1.54, 1.807) is 4.57 Å². The molecule has 0 aromatic carbocycles. The molecule has 3 aromatic heterocycles. The Labute approximate surface area is 125 Å². The number of hydrogen-bond donors (Lipinski definition) is 2. The molecule has 3 N–H and O–H groups in total. The normalized spacial score (nSPS) is 11.3. The first-order valence-corrected chi connectivity index (χ1v) is 7.55. The zero-order valence-corrected chi connectivity index (χ0v) is 12.4. The van der Waals surface area contributed by atoms with Gasteiger partial charge in [-0.25, -0.2) is 14.9 Å². The third kappa shape index (κ3) is 2.47. The predicted octanol–water partition coefficient (Wildman–Crippen LogP) is 0.891. The standard InChI is InChI=1S/C13H16N6OS/c1-2-18-12(20)16-17-13(18)21-11-9(6-7-14)19-8-4-3-5-10(19)15-11/h3-5,8H,2,6-7,14H2,1H3,(H,16,20). The topological polar surface area (TPSA) is 94.0 Å². The molecule has 0 spiro atoms. The van der Waals surface area contributed by atoms with E-state index in [0.29, 0.717) is 24.7 Å². The van der Waals surface area contributed by atoms with Gasteiger partial charge in [0, 0.05) is 19.2 Å². The van der Waals surface area contributed by atoms with Crippen LogP contribution in [0.1, 0.15) is 12.6 Å². The summed E-state index contributed by atoms with van der Waals surface area (Å²) in [6.45, 7) is 3.01. The lowest BCUT2D eigenvalue weighted by Gasteiger charge is -2.03. The molecule has 0 aliphatic heterocycles. The van der Waals surface area contributed by atoms with Gasteiger partial charge in [-0.15, -0.1) is 5.10 Å². The van der Waals surface area contributed by atoms with Gasteiger partial charge in [0.25, 0.3) is 0 Å². The average Bonchev–Trinajstić information content (AvgIpc) is 3.01. The lowest BCUT2D eigenvalue weighted by molar-refractivity contribution is 0.660. The van der Waals surface area contributed by atoms with Crippen molar-refractivity contribution in [2.24, 2.45) is 5.73 Å². The van der Waals surface area contributed by atoms with E-state index in [2.05, 4.69) is 15.2 Å². The van der Waals surface area contributed by atoms with Crippen molar-refractivity contribution >= 4 is 17.4 Å². The highest BCUT2D eigenvalue weighted by molar-refractivity contribution is 7.99. The smallest absolute Gasteiger partial charge is 0.330 e. The molecule has 0 bridgehead atoms. The van der Waals surface area contributed by atoms with Crippen molar-refractivity contribution in [2.45, 2.75) is 30.1 Å². The molecule has 3 heterocycles. The fourth-order valence-electron chi connectivity index (χ4n) is 2.22. The summed E-state index contributed by atoms with van der Waals surface area (Å²) in [6.07, 6.45) is 2.68. The van der Waals surface area contributed by atoms with Gasteiger partial charge in [0.05, 0.1) is 5.69 Å². The zero-order chi connectivity index (χ0) is 14.8. The van der Waals surface area contributed by atoms with Crippen molar-refractivity contribution in [1.82, 2.24) is 24.1 Å². The molecule has 110 valence electrons. The van der Waals surface area contributed by atoms with Crippen molar-refractivity contribution < 1.29 is 0 Å². The van der Waals surface area contributed by atoms with E-state index < -0.39 is 0 Å². The minimum atomic E-state index is -0.205. The molecule has 0 saturated heterocycles. The van der Waals surface area contributed by atoms with Crippen LogP contribution in [0.25, 0.3) is 5.65 Å². The van der Waals surface area contributed by atoms with Crippen LogP contribution in [-0.2, 0) is 13.0 Å². The van der Waals surface area contributed by atoms with Crippen LogP contribution in [0.2, 0.25) is 0 Å². The van der Waals surface area contributed by atoms with E-state index >= 15 is 0 Å². The Morgan fingerprint density at radius 1 is 1.43 bits per heavy atom. The third-order valence-corrected chi connectivity index (χ3v) is 4.22. The number of hydrogen-bond acceptors (Lipinski definition) is 5. The number of imidazole rings is 1. The van der Waals surface area contributed by atoms with Gasteiger partial charge in [-0.3, -0.25) is 4.57 Å². The zero-order valence-electron chi connectivity index (χ0n) is 11.6. The summed E-state index contributed by atoms with van der Waals surface area (Å²) >= 11 is 1.39. The lowest BCUT2D eigenvalue weighted by Crippen LogP contribution is -2.16. The molecule has 0 radical (unpaired) electrons. The summed E-state index contributed by atoms with van der Waals surface area (Å²) in [5, 5.41) is 7.98. The summed E-state index contributed by atoms with van der Waals surface area (Å²) in [5.74, 6) is 0. The van der Waals surface area contributed by atoms with Crippen molar-refractivity contribution in [3.8, 4) is 0 Å². The number of nitrogens with zero attached hydrogens (tertiary/aromatic N) is 4. The predicted molar refractivity (Wildman–Crippen MR) is 80.6 cm³/mol. The number of H-pyrrole nitrogens is 1. The second-order valence-electron chi connectivity index (χ2n) is 4.49. The van der Waals surface area contributed by atoms with Crippen LogP contribution in [0.4, 0.5) is 0 Å². The molecule has 21 heavy (non-hydrogen) atoms. The quantitative estimate of drug-likeness (QED) is 0.730. The van der Waals surface area contributed by atoms with Crippen molar-refractivity contribution in [2.75, 3.05) is 6.54 Å². The minimum absolute atomic E-state index is 0.205. The first kappa shape index (κ1) is 13.9. The molecule has 0 aliphatic rings. The molecule has 0 atom stereocenters. The van der Waals surface area contributed by atoms with Crippen molar-refractivity contribution in [3.05, 3.63) is 40.6 Å². The van der Waals surface area contributed by atoms with Crippen LogP contribution >= 0.6 is 11.8 Å². The minimum Gasteiger partial charge on any atom is -0.330 e. The Balaban J connectivity index is 2.07. The fourth-order valence-corrected chi connectivity index (χ4v) is 3.26. The van der Waals surface area contributed by atoms with Crippen molar-refractivity contribution in [1.29, 1.82) is 0 Å². The van der Waals surface area contributed by atoms with Gasteiger partial charge < -0.3 is 10.1 Å². The van der Waals surface area contributed by atoms with Crippen molar-refractivity contribution in [3.63, 3.8) is 0 Å². The Hall–Kier alpha value is -2.06. The highest BCUT2D eigenvalue weighted by atomic mass is 32.2. The van der Waals surface area contributed by atoms with Gasteiger partial charge in [-0.2, -0.15) is 0 Å². The molecular weight excluding hydrogens is 288 g/mol. The number of rotatable bonds is 5. The van der Waals surface area contributed by atoms with E-state index in [0.717, 1.165) is 16.4 Å². The van der Waals surface area contributed by atoms with Gasteiger partial charge in [-0.05, 0) is 37.4 Å². The summed E-state index contributed by atoms with van der Waals surface area (Å²) in [7, 11) is 0. The first-order valence-electron chi connectivity index (χ1n) is 6.73. The van der Waals surface area contributed by atoms with Gasteiger partial charge >= 0.3 is 5.69 Å². The third-order valence-electron chi connectivity index (χ3n) is 3.20. The summed E-state index contributed by atoms with van der Waals surface area (Å²) in [4.78, 5) is 16.2. The summed E-state index contributed by atoms with van der Waals surface area (Å²) < 4.78 is 3.61. The van der Waals surface area contributed by atoms with Gasteiger partial charge in [-0.1, -0.05) is 6.07 Å². The van der Waals surface area contributed by atoms with Gasteiger partial charge in [0.1, 0.15) is 10.7 Å². The summed E-state index contributed by atoms with van der Waals surface area (Å²) in [6, 6.07) is 5.85. The molecule has 0 aliphatic carbocycles. The maximum atomic E-state index is 11.6. The molecule has 3 rings (SSSR count). The average molecular weight is 304 g/mol. The van der Waals surface area contributed by atoms with Crippen LogP contribution in [0.5, 0.6) is 0 Å². The monoisotopic (exact) mass is 304 g/mol. The lowest BCUT2D eigenvalue weighted by atomic mass is 10.3. The Bertz CT molecular complexity index is 818. The molecule has 0 amide bonds. The van der Waals surface area contributed by atoms with E-state index in [1.165, 1.54) is 11.8 Å². The number of pyridine rings is 1. The second-order valence-corrected chi connectivity index (χ2v) is 5.44. The fraction of sp³-hybridized carbons (Fsp3) is 0.308. The largest absolute Gasteiger partial charge is 0.343 e. The summed E-state index contributed by atoms with van der Waals surface area (Å²) in [5.41, 5.74) is 7.40.